The molecule has 5 rings (SSSR count). The van der Waals surface area contributed by atoms with Crippen LogP contribution in [0.3, 0.4) is 0 Å². The van der Waals surface area contributed by atoms with Gasteiger partial charge in [0, 0.05) is 42.8 Å². The van der Waals surface area contributed by atoms with E-state index in [9.17, 15) is 23.1 Å². The zero-order valence-electron chi connectivity index (χ0n) is 21.4. The van der Waals surface area contributed by atoms with Crippen molar-refractivity contribution >= 4 is 34.8 Å². The van der Waals surface area contributed by atoms with Gasteiger partial charge in [0.05, 0.1) is 37.9 Å². The van der Waals surface area contributed by atoms with Gasteiger partial charge in [-0.25, -0.2) is 0 Å². The second kappa shape index (κ2) is 10.7. The third-order valence-corrected chi connectivity index (χ3v) is 8.06. The van der Waals surface area contributed by atoms with Crippen molar-refractivity contribution < 1.29 is 32.5 Å². The molecule has 3 aromatic rings. The number of carboxylic acids is 1. The first-order chi connectivity index (χ1) is 18.7. The number of thiophene rings is 1. The number of hydrogen-bond donors (Lipinski definition) is 1. The minimum Gasteiger partial charge on any atom is -0.497 e. The topological polar surface area (TPSA) is 65.5 Å². The van der Waals surface area contributed by atoms with Gasteiger partial charge in [-0.05, 0) is 53.4 Å². The van der Waals surface area contributed by atoms with Gasteiger partial charge in [0.2, 0.25) is 0 Å². The molecule has 0 amide bonds. The zero-order valence-corrected chi connectivity index (χ0v) is 22.3. The van der Waals surface area contributed by atoms with Crippen LogP contribution in [0.15, 0.2) is 59.7 Å². The molecule has 0 saturated carbocycles. The van der Waals surface area contributed by atoms with Crippen molar-refractivity contribution in [1.29, 1.82) is 0 Å². The fraction of sp³-hybridized carbons (Fsp3) is 0.321. The number of nitrogens with zero attached hydrogens (tertiary/aromatic N) is 3. The number of benzene rings is 2. The molecule has 7 nitrogen and oxygen atoms in total. The predicted octanol–water partition coefficient (Wildman–Crippen LogP) is 5.94. The smallest absolute Gasteiger partial charge is 0.416 e. The minimum absolute atomic E-state index is 0.180. The molecule has 11 heteroatoms. The lowest BCUT2D eigenvalue weighted by molar-refractivity contribution is -0.138. The van der Waals surface area contributed by atoms with Crippen molar-refractivity contribution in [2.24, 2.45) is 0 Å². The van der Waals surface area contributed by atoms with Crippen LogP contribution >= 0.6 is 11.3 Å². The molecule has 39 heavy (non-hydrogen) atoms. The van der Waals surface area contributed by atoms with E-state index in [1.165, 1.54) is 24.5 Å². The van der Waals surface area contributed by atoms with Gasteiger partial charge in [-0.3, -0.25) is 4.79 Å². The normalized spacial score (nSPS) is 17.5. The Morgan fingerprint density at radius 1 is 1.03 bits per heavy atom. The molecule has 0 aliphatic carbocycles. The highest BCUT2D eigenvalue weighted by molar-refractivity contribution is 7.10. The highest BCUT2D eigenvalue weighted by Crippen LogP contribution is 2.47. The highest BCUT2D eigenvalue weighted by Gasteiger charge is 2.39. The number of alkyl halides is 3. The molecule has 206 valence electrons. The standard InChI is InChI=1S/C28H28F3N3O4S/c1-37-21-5-3-4-20(16-21)32-9-11-33(12-10-32)25-14-18-8-13-39-27(18)23(17-26(35)36)34(25)22-15-19(28(29,30)31)6-7-24(22)38-2/h3-8,13-16,23H,9-12,17H2,1-2H3,(H,35,36)/t23-/m0/s1. The van der Waals surface area contributed by atoms with Crippen LogP contribution in [-0.4, -0.2) is 56.4 Å². The number of carboxylic acid groups (broad SMARTS) is 1. The molecule has 2 aromatic carbocycles. The Balaban J connectivity index is 1.55. The molecule has 2 aliphatic rings. The maximum atomic E-state index is 13.8. The Morgan fingerprint density at radius 3 is 2.44 bits per heavy atom. The van der Waals surface area contributed by atoms with E-state index in [0.717, 1.165) is 34.0 Å². The van der Waals surface area contributed by atoms with Crippen LogP contribution in [-0.2, 0) is 11.0 Å². The SMILES string of the molecule is COc1cccc(N2CCN(C3=Cc4ccsc4[C@H](CC(=O)O)N3c3cc(C(F)(F)F)ccc3OC)CC2)c1. The fourth-order valence-electron chi connectivity index (χ4n) is 5.15. The van der Waals surface area contributed by atoms with Gasteiger partial charge in [0.15, 0.2) is 0 Å². The summed E-state index contributed by atoms with van der Waals surface area (Å²) in [4.78, 5) is 18.8. The van der Waals surface area contributed by atoms with Crippen LogP contribution in [0.2, 0.25) is 0 Å². The predicted molar refractivity (Wildman–Crippen MR) is 145 cm³/mol. The molecule has 1 saturated heterocycles. The summed E-state index contributed by atoms with van der Waals surface area (Å²) >= 11 is 1.40. The van der Waals surface area contributed by atoms with Crippen molar-refractivity contribution in [3.63, 3.8) is 0 Å². The molecule has 0 radical (unpaired) electrons. The van der Waals surface area contributed by atoms with E-state index < -0.39 is 23.8 Å². The fourth-order valence-corrected chi connectivity index (χ4v) is 6.12. The van der Waals surface area contributed by atoms with Crippen LogP contribution < -0.4 is 19.3 Å². The van der Waals surface area contributed by atoms with Crippen LogP contribution in [0, 0.1) is 0 Å². The first-order valence-electron chi connectivity index (χ1n) is 12.4. The first kappa shape index (κ1) is 26.7. The Labute approximate surface area is 228 Å². The Bertz CT molecular complexity index is 1380. The maximum absolute atomic E-state index is 13.8. The van der Waals surface area contributed by atoms with Gasteiger partial charge >= 0.3 is 12.1 Å². The lowest BCUT2D eigenvalue weighted by Crippen LogP contribution is -2.50. The van der Waals surface area contributed by atoms with Gasteiger partial charge < -0.3 is 29.3 Å². The highest BCUT2D eigenvalue weighted by atomic mass is 32.1. The number of fused-ring (bicyclic) bond motifs is 1. The molecule has 1 atom stereocenters. The van der Waals surface area contributed by atoms with Crippen molar-refractivity contribution in [3.05, 3.63) is 75.7 Å². The first-order valence-corrected chi connectivity index (χ1v) is 13.3. The van der Waals surface area contributed by atoms with Gasteiger partial charge in [-0.15, -0.1) is 11.3 Å². The largest absolute Gasteiger partial charge is 0.497 e. The lowest BCUT2D eigenvalue weighted by atomic mass is 9.99. The number of hydrogen-bond acceptors (Lipinski definition) is 7. The number of halogens is 3. The summed E-state index contributed by atoms with van der Waals surface area (Å²) in [5.74, 6) is 0.600. The number of methoxy groups -OCH3 is 2. The summed E-state index contributed by atoms with van der Waals surface area (Å²) in [6, 6.07) is 12.3. The summed E-state index contributed by atoms with van der Waals surface area (Å²) < 4.78 is 52.2. The summed E-state index contributed by atoms with van der Waals surface area (Å²) in [7, 11) is 3.02. The molecule has 1 aromatic heterocycles. The van der Waals surface area contributed by atoms with E-state index in [-0.39, 0.29) is 17.9 Å². The molecule has 2 aliphatic heterocycles. The van der Waals surface area contributed by atoms with Crippen molar-refractivity contribution in [3.8, 4) is 11.5 Å². The van der Waals surface area contributed by atoms with Crippen LogP contribution in [0.5, 0.6) is 11.5 Å². The van der Waals surface area contributed by atoms with Crippen LogP contribution in [0.25, 0.3) is 6.08 Å². The number of ether oxygens (including phenoxy) is 2. The zero-order chi connectivity index (χ0) is 27.7. The van der Waals surface area contributed by atoms with E-state index >= 15 is 0 Å². The maximum Gasteiger partial charge on any atom is 0.416 e. The van der Waals surface area contributed by atoms with Gasteiger partial charge in [-0.1, -0.05) is 6.07 Å². The summed E-state index contributed by atoms with van der Waals surface area (Å²) in [5, 5.41) is 11.7. The monoisotopic (exact) mass is 559 g/mol. The number of piperazine rings is 1. The molecule has 0 spiro atoms. The lowest BCUT2D eigenvalue weighted by Gasteiger charge is -2.46. The van der Waals surface area contributed by atoms with Gasteiger partial charge in [0.25, 0.3) is 0 Å². The molecule has 0 unspecified atom stereocenters. The molecular weight excluding hydrogens is 531 g/mol. The molecule has 1 fully saturated rings. The quantitative estimate of drug-likeness (QED) is 0.384. The summed E-state index contributed by atoms with van der Waals surface area (Å²) in [6.07, 6.45) is -2.92. The average molecular weight is 560 g/mol. The van der Waals surface area contributed by atoms with Gasteiger partial charge in [-0.2, -0.15) is 13.2 Å². The van der Waals surface area contributed by atoms with Gasteiger partial charge in [0.1, 0.15) is 17.3 Å². The van der Waals surface area contributed by atoms with E-state index in [4.69, 9.17) is 9.47 Å². The summed E-state index contributed by atoms with van der Waals surface area (Å²) in [5.41, 5.74) is 1.25. The average Bonchev–Trinajstić information content (AvgIpc) is 3.41. The number of aliphatic carboxylic acids is 1. The molecular formula is C28H28F3N3O4S. The number of rotatable bonds is 7. The minimum atomic E-state index is -4.57. The second-order valence-corrected chi connectivity index (χ2v) is 10.2. The molecule has 3 heterocycles. The van der Waals surface area contributed by atoms with E-state index in [2.05, 4.69) is 9.80 Å². The molecule has 0 bridgehead atoms. The Morgan fingerprint density at radius 2 is 1.77 bits per heavy atom. The second-order valence-electron chi connectivity index (χ2n) is 9.29. The molecule has 1 N–H and O–H groups in total. The Hall–Kier alpha value is -3.86. The number of carbonyl (C=O) groups is 1. The van der Waals surface area contributed by atoms with E-state index in [1.807, 2.05) is 41.8 Å². The van der Waals surface area contributed by atoms with Crippen molar-refractivity contribution in [1.82, 2.24) is 4.90 Å². The third-order valence-electron chi connectivity index (χ3n) is 7.03. The van der Waals surface area contributed by atoms with Crippen LogP contribution in [0.4, 0.5) is 24.5 Å². The Kier molecular flexibility index (Phi) is 7.35. The number of anilines is 2. The summed E-state index contributed by atoms with van der Waals surface area (Å²) in [6.45, 7) is 2.50. The van der Waals surface area contributed by atoms with Crippen molar-refractivity contribution in [2.75, 3.05) is 50.2 Å². The van der Waals surface area contributed by atoms with Crippen LogP contribution in [0.1, 0.15) is 28.5 Å². The van der Waals surface area contributed by atoms with E-state index in [1.54, 1.807) is 12.0 Å². The van der Waals surface area contributed by atoms with Crippen molar-refractivity contribution in [2.45, 2.75) is 18.6 Å². The third kappa shape index (κ3) is 5.36. The van der Waals surface area contributed by atoms with E-state index in [0.29, 0.717) is 32.0 Å².